The SMILES string of the molecule is Cc1c(C(=O)n2ccnc2)c2ccccc2[nH]c1=O. The largest absolute Gasteiger partial charge is 0.322 e. The van der Waals surface area contributed by atoms with E-state index in [1.807, 2.05) is 18.2 Å². The second-order valence-corrected chi connectivity index (χ2v) is 4.27. The van der Waals surface area contributed by atoms with E-state index in [2.05, 4.69) is 9.97 Å². The van der Waals surface area contributed by atoms with Crippen LogP contribution in [-0.2, 0) is 0 Å². The number of hydrogen-bond donors (Lipinski definition) is 1. The van der Waals surface area contributed by atoms with Crippen LogP contribution in [0.4, 0.5) is 0 Å². The molecular weight excluding hydrogens is 242 g/mol. The molecule has 0 aliphatic rings. The van der Waals surface area contributed by atoms with Gasteiger partial charge in [0.05, 0.1) is 5.56 Å². The molecule has 0 bridgehead atoms. The number of aromatic amines is 1. The van der Waals surface area contributed by atoms with Gasteiger partial charge in [0.2, 0.25) is 0 Å². The highest BCUT2D eigenvalue weighted by molar-refractivity contribution is 6.08. The molecule has 19 heavy (non-hydrogen) atoms. The number of nitrogens with one attached hydrogen (secondary N) is 1. The molecule has 0 amide bonds. The predicted molar refractivity (Wildman–Crippen MR) is 71.3 cm³/mol. The first kappa shape index (κ1) is 11.4. The number of H-pyrrole nitrogens is 1. The predicted octanol–water partition coefficient (Wildman–Crippen LogP) is 1.72. The van der Waals surface area contributed by atoms with E-state index in [1.165, 1.54) is 17.1 Å². The number of benzene rings is 1. The van der Waals surface area contributed by atoms with Crippen LogP contribution in [0.25, 0.3) is 10.9 Å². The summed E-state index contributed by atoms with van der Waals surface area (Å²) in [5.74, 6) is -0.252. The molecule has 2 heterocycles. The molecule has 0 saturated heterocycles. The zero-order chi connectivity index (χ0) is 13.4. The maximum absolute atomic E-state index is 12.5. The summed E-state index contributed by atoms with van der Waals surface area (Å²) < 4.78 is 1.37. The highest BCUT2D eigenvalue weighted by Crippen LogP contribution is 2.18. The molecular formula is C14H11N3O2. The Morgan fingerprint density at radius 1 is 1.32 bits per heavy atom. The number of carbonyl (C=O) groups is 1. The third kappa shape index (κ3) is 1.76. The number of fused-ring (bicyclic) bond motifs is 1. The van der Waals surface area contributed by atoms with Crippen LogP contribution in [-0.4, -0.2) is 20.4 Å². The molecule has 0 aliphatic heterocycles. The Kier molecular flexibility index (Phi) is 2.52. The van der Waals surface area contributed by atoms with E-state index >= 15 is 0 Å². The standard InChI is InChI=1S/C14H11N3O2/c1-9-12(14(19)17-7-6-15-8-17)10-4-2-3-5-11(10)16-13(9)18/h2-8H,1H3,(H,16,18). The zero-order valence-electron chi connectivity index (χ0n) is 10.3. The van der Waals surface area contributed by atoms with E-state index in [9.17, 15) is 9.59 Å². The summed E-state index contributed by atoms with van der Waals surface area (Å²) in [6.07, 6.45) is 4.53. The van der Waals surface area contributed by atoms with E-state index < -0.39 is 0 Å². The lowest BCUT2D eigenvalue weighted by Crippen LogP contribution is -2.19. The fraction of sp³-hybridized carbons (Fsp3) is 0.0714. The average molecular weight is 253 g/mol. The van der Waals surface area contributed by atoms with Gasteiger partial charge in [-0.15, -0.1) is 0 Å². The Balaban J connectivity index is 2.36. The monoisotopic (exact) mass is 253 g/mol. The molecule has 5 heteroatoms. The van der Waals surface area contributed by atoms with E-state index in [0.717, 1.165) is 5.39 Å². The van der Waals surface area contributed by atoms with Gasteiger partial charge in [-0.1, -0.05) is 18.2 Å². The molecule has 0 fully saturated rings. The van der Waals surface area contributed by atoms with Gasteiger partial charge in [-0.25, -0.2) is 4.98 Å². The molecule has 5 nitrogen and oxygen atoms in total. The Labute approximate surface area is 108 Å². The number of para-hydroxylation sites is 1. The molecule has 2 aromatic heterocycles. The van der Waals surface area contributed by atoms with Gasteiger partial charge in [-0.2, -0.15) is 0 Å². The zero-order valence-corrected chi connectivity index (χ0v) is 10.3. The molecule has 3 aromatic rings. The van der Waals surface area contributed by atoms with Crippen molar-refractivity contribution in [2.24, 2.45) is 0 Å². The van der Waals surface area contributed by atoms with Crippen LogP contribution >= 0.6 is 0 Å². The highest BCUT2D eigenvalue weighted by atomic mass is 16.2. The molecule has 0 radical (unpaired) electrons. The van der Waals surface area contributed by atoms with Gasteiger partial charge in [-0.05, 0) is 13.0 Å². The van der Waals surface area contributed by atoms with Gasteiger partial charge >= 0.3 is 0 Å². The van der Waals surface area contributed by atoms with Crippen LogP contribution in [0.15, 0.2) is 47.8 Å². The number of imidazole rings is 1. The van der Waals surface area contributed by atoms with Crippen molar-refractivity contribution in [1.82, 2.24) is 14.5 Å². The number of nitrogens with zero attached hydrogens (tertiary/aromatic N) is 2. The fourth-order valence-corrected chi connectivity index (χ4v) is 2.13. The van der Waals surface area contributed by atoms with Crippen LogP contribution in [0.5, 0.6) is 0 Å². The molecule has 0 spiro atoms. The maximum atomic E-state index is 12.5. The van der Waals surface area contributed by atoms with Crippen molar-refractivity contribution < 1.29 is 4.79 Å². The fourth-order valence-electron chi connectivity index (χ4n) is 2.13. The van der Waals surface area contributed by atoms with Gasteiger partial charge in [-0.3, -0.25) is 14.2 Å². The van der Waals surface area contributed by atoms with Crippen molar-refractivity contribution in [3.8, 4) is 0 Å². The summed E-state index contributed by atoms with van der Waals surface area (Å²) in [6.45, 7) is 1.65. The lowest BCUT2D eigenvalue weighted by atomic mass is 10.0. The average Bonchev–Trinajstić information content (AvgIpc) is 2.93. The van der Waals surface area contributed by atoms with Crippen molar-refractivity contribution in [2.75, 3.05) is 0 Å². The van der Waals surface area contributed by atoms with E-state index in [-0.39, 0.29) is 11.5 Å². The summed E-state index contributed by atoms with van der Waals surface area (Å²) in [5.41, 5.74) is 1.23. The first-order valence-corrected chi connectivity index (χ1v) is 5.83. The summed E-state index contributed by atoms with van der Waals surface area (Å²) in [7, 11) is 0. The van der Waals surface area contributed by atoms with Crippen molar-refractivity contribution in [3.05, 3.63) is 64.5 Å². The van der Waals surface area contributed by atoms with E-state index in [1.54, 1.807) is 19.2 Å². The summed E-state index contributed by atoms with van der Waals surface area (Å²) in [4.78, 5) is 31.0. The smallest absolute Gasteiger partial charge is 0.264 e. The number of hydrogen-bond acceptors (Lipinski definition) is 3. The van der Waals surface area contributed by atoms with Crippen molar-refractivity contribution in [2.45, 2.75) is 6.92 Å². The first-order valence-electron chi connectivity index (χ1n) is 5.83. The second kappa shape index (κ2) is 4.20. The topological polar surface area (TPSA) is 67.8 Å². The number of aromatic nitrogens is 3. The molecule has 94 valence electrons. The minimum atomic E-state index is -0.252. The lowest BCUT2D eigenvalue weighted by Gasteiger charge is -2.08. The minimum absolute atomic E-state index is 0.248. The number of pyridine rings is 1. The van der Waals surface area contributed by atoms with Crippen molar-refractivity contribution in [1.29, 1.82) is 0 Å². The second-order valence-electron chi connectivity index (χ2n) is 4.27. The van der Waals surface area contributed by atoms with Crippen molar-refractivity contribution >= 4 is 16.8 Å². The first-order chi connectivity index (χ1) is 9.18. The lowest BCUT2D eigenvalue weighted by molar-refractivity contribution is 0.0960. The molecule has 1 aromatic carbocycles. The van der Waals surface area contributed by atoms with Crippen LogP contribution in [0, 0.1) is 6.92 Å². The minimum Gasteiger partial charge on any atom is -0.322 e. The normalized spacial score (nSPS) is 10.8. The molecule has 0 unspecified atom stereocenters. The van der Waals surface area contributed by atoms with Crippen molar-refractivity contribution in [3.63, 3.8) is 0 Å². The third-order valence-corrected chi connectivity index (χ3v) is 3.11. The number of carbonyl (C=O) groups excluding carboxylic acids is 1. The molecule has 0 aliphatic carbocycles. The molecule has 0 saturated carbocycles. The van der Waals surface area contributed by atoms with Crippen LogP contribution in [0.2, 0.25) is 0 Å². The van der Waals surface area contributed by atoms with Gasteiger partial charge in [0.15, 0.2) is 0 Å². The Morgan fingerprint density at radius 3 is 2.84 bits per heavy atom. The molecule has 0 atom stereocenters. The van der Waals surface area contributed by atoms with Crippen LogP contribution in [0.1, 0.15) is 15.9 Å². The highest BCUT2D eigenvalue weighted by Gasteiger charge is 2.17. The van der Waals surface area contributed by atoms with E-state index in [0.29, 0.717) is 16.6 Å². The summed E-state index contributed by atoms with van der Waals surface area (Å²) in [5, 5.41) is 0.735. The number of rotatable bonds is 1. The molecule has 1 N–H and O–H groups in total. The Hall–Kier alpha value is -2.69. The van der Waals surface area contributed by atoms with E-state index in [4.69, 9.17) is 0 Å². The summed E-state index contributed by atoms with van der Waals surface area (Å²) >= 11 is 0. The maximum Gasteiger partial charge on any atom is 0.264 e. The van der Waals surface area contributed by atoms with Gasteiger partial charge in [0, 0.05) is 28.9 Å². The van der Waals surface area contributed by atoms with Crippen LogP contribution < -0.4 is 5.56 Å². The quantitative estimate of drug-likeness (QED) is 0.718. The van der Waals surface area contributed by atoms with Crippen LogP contribution in [0.3, 0.4) is 0 Å². The van der Waals surface area contributed by atoms with Gasteiger partial charge < -0.3 is 4.98 Å². The molecule has 3 rings (SSSR count). The Morgan fingerprint density at radius 2 is 2.11 bits per heavy atom. The Bertz CT molecular complexity index is 816. The van der Waals surface area contributed by atoms with Gasteiger partial charge in [0.1, 0.15) is 6.33 Å². The van der Waals surface area contributed by atoms with Gasteiger partial charge in [0.25, 0.3) is 11.5 Å². The summed E-state index contributed by atoms with van der Waals surface area (Å²) in [6, 6.07) is 7.26. The third-order valence-electron chi connectivity index (χ3n) is 3.11.